The highest BCUT2D eigenvalue weighted by atomic mass is 16.1. The molecule has 0 N–H and O–H groups in total. The lowest BCUT2D eigenvalue weighted by Gasteiger charge is -2.00. The zero-order chi connectivity index (χ0) is 12.9. The second-order valence-electron chi connectivity index (χ2n) is 4.49. The van der Waals surface area contributed by atoms with Gasteiger partial charge in [-0.3, -0.25) is 0 Å². The van der Waals surface area contributed by atoms with Gasteiger partial charge in [0, 0.05) is 6.42 Å². The van der Waals surface area contributed by atoms with Crippen molar-refractivity contribution in [2.24, 2.45) is 0 Å². The predicted molar refractivity (Wildman–Crippen MR) is 76.1 cm³/mol. The third-order valence-electron chi connectivity index (χ3n) is 2.75. The third kappa shape index (κ3) is 11.2. The van der Waals surface area contributed by atoms with Crippen molar-refractivity contribution in [1.82, 2.24) is 0 Å². The summed E-state index contributed by atoms with van der Waals surface area (Å²) < 4.78 is 0. The van der Waals surface area contributed by atoms with Crippen LogP contribution in [-0.2, 0) is 4.79 Å². The summed E-state index contributed by atoms with van der Waals surface area (Å²) in [4.78, 5) is 10.2. The fourth-order valence-corrected chi connectivity index (χ4v) is 1.63. The number of aldehydes is 1. The van der Waals surface area contributed by atoms with Gasteiger partial charge in [-0.25, -0.2) is 0 Å². The van der Waals surface area contributed by atoms with Gasteiger partial charge in [0.05, 0.1) is 0 Å². The van der Waals surface area contributed by atoms with Crippen LogP contribution in [0.2, 0.25) is 0 Å². The Bertz CT molecular complexity index is 282. The summed E-state index contributed by atoms with van der Waals surface area (Å²) in [5.74, 6) is 0. The van der Waals surface area contributed by atoms with Crippen LogP contribution in [0.25, 0.3) is 0 Å². The number of hydrogen-bond acceptors (Lipinski definition) is 1. The summed E-state index contributed by atoms with van der Waals surface area (Å²) in [6, 6.07) is 0. The molecule has 0 rings (SSSR count). The standard InChI is InChI=1S/C16H26O/c1-4-5-6-10-15(2)12-9-13-16(3)11-7-8-14-17/h4-5,11-12,14H,6-10,13H2,1-3H3/b5-4+,15-12+,16-11+. The van der Waals surface area contributed by atoms with Crippen molar-refractivity contribution in [3.05, 3.63) is 35.5 Å². The van der Waals surface area contributed by atoms with Crippen molar-refractivity contribution in [3.8, 4) is 0 Å². The number of carbonyl (C=O) groups excluding carboxylic acids is 1. The average Bonchev–Trinajstić information content (AvgIpc) is 2.30. The molecule has 0 saturated heterocycles. The van der Waals surface area contributed by atoms with Crippen LogP contribution in [0.1, 0.15) is 59.3 Å². The van der Waals surface area contributed by atoms with E-state index in [-0.39, 0.29) is 0 Å². The predicted octanol–water partition coefficient (Wildman–Crippen LogP) is 4.99. The van der Waals surface area contributed by atoms with Crippen molar-refractivity contribution in [2.75, 3.05) is 0 Å². The maximum Gasteiger partial charge on any atom is 0.120 e. The van der Waals surface area contributed by atoms with Crippen LogP contribution in [0.4, 0.5) is 0 Å². The molecule has 0 amide bonds. The van der Waals surface area contributed by atoms with Gasteiger partial charge in [0.25, 0.3) is 0 Å². The van der Waals surface area contributed by atoms with E-state index in [2.05, 4.69) is 45.1 Å². The third-order valence-corrected chi connectivity index (χ3v) is 2.75. The summed E-state index contributed by atoms with van der Waals surface area (Å²) in [6.45, 7) is 6.41. The molecule has 0 aromatic carbocycles. The minimum Gasteiger partial charge on any atom is -0.303 e. The minimum absolute atomic E-state index is 0.648. The van der Waals surface area contributed by atoms with Gasteiger partial charge in [-0.2, -0.15) is 0 Å². The zero-order valence-corrected chi connectivity index (χ0v) is 11.5. The van der Waals surface area contributed by atoms with Crippen LogP contribution in [0, 0.1) is 0 Å². The van der Waals surface area contributed by atoms with E-state index < -0.39 is 0 Å². The molecular formula is C16H26O. The normalized spacial score (nSPS) is 13.4. The summed E-state index contributed by atoms with van der Waals surface area (Å²) in [5.41, 5.74) is 2.87. The Labute approximate surface area is 106 Å². The first-order chi connectivity index (χ1) is 8.20. The molecule has 1 nitrogen and oxygen atoms in total. The number of rotatable bonds is 9. The van der Waals surface area contributed by atoms with Crippen LogP contribution in [0.5, 0.6) is 0 Å². The molecule has 0 saturated carbocycles. The van der Waals surface area contributed by atoms with Gasteiger partial charge in [0.2, 0.25) is 0 Å². The maximum absolute atomic E-state index is 10.2. The van der Waals surface area contributed by atoms with E-state index in [1.807, 2.05) is 0 Å². The molecule has 0 heterocycles. The summed E-state index contributed by atoms with van der Waals surface area (Å²) in [5, 5.41) is 0. The van der Waals surface area contributed by atoms with Crippen LogP contribution in [0.3, 0.4) is 0 Å². The van der Waals surface area contributed by atoms with Gasteiger partial charge in [0.15, 0.2) is 0 Å². The van der Waals surface area contributed by atoms with Crippen LogP contribution < -0.4 is 0 Å². The molecule has 17 heavy (non-hydrogen) atoms. The van der Waals surface area contributed by atoms with Gasteiger partial charge in [-0.05, 0) is 52.9 Å². The van der Waals surface area contributed by atoms with Crippen LogP contribution >= 0.6 is 0 Å². The topological polar surface area (TPSA) is 17.1 Å². The van der Waals surface area contributed by atoms with Crippen LogP contribution in [-0.4, -0.2) is 6.29 Å². The fraction of sp³-hybridized carbons (Fsp3) is 0.562. The van der Waals surface area contributed by atoms with Gasteiger partial charge in [-0.1, -0.05) is 35.5 Å². The molecule has 1 heteroatoms. The molecule has 0 aliphatic heterocycles. The Morgan fingerprint density at radius 1 is 0.882 bits per heavy atom. The van der Waals surface area contributed by atoms with E-state index in [1.165, 1.54) is 11.1 Å². The molecule has 0 bridgehead atoms. The first-order valence-corrected chi connectivity index (χ1v) is 6.56. The Hall–Kier alpha value is -1.11. The largest absolute Gasteiger partial charge is 0.303 e. The second kappa shape index (κ2) is 11.4. The number of unbranched alkanes of at least 4 members (excludes halogenated alkanes) is 1. The summed E-state index contributed by atoms with van der Waals surface area (Å²) in [7, 11) is 0. The first-order valence-electron chi connectivity index (χ1n) is 6.56. The highest BCUT2D eigenvalue weighted by Crippen LogP contribution is 2.11. The molecular weight excluding hydrogens is 208 g/mol. The molecule has 0 fully saturated rings. The molecule has 0 atom stereocenters. The van der Waals surface area contributed by atoms with Crippen molar-refractivity contribution in [2.45, 2.75) is 59.3 Å². The van der Waals surface area contributed by atoms with Gasteiger partial charge >= 0.3 is 0 Å². The van der Waals surface area contributed by atoms with Gasteiger partial charge in [0.1, 0.15) is 6.29 Å². The van der Waals surface area contributed by atoms with E-state index in [4.69, 9.17) is 0 Å². The van der Waals surface area contributed by atoms with E-state index in [0.717, 1.165) is 38.4 Å². The maximum atomic E-state index is 10.2. The zero-order valence-electron chi connectivity index (χ0n) is 11.5. The highest BCUT2D eigenvalue weighted by molar-refractivity contribution is 5.49. The van der Waals surface area contributed by atoms with E-state index in [0.29, 0.717) is 6.42 Å². The molecule has 0 aliphatic rings. The van der Waals surface area contributed by atoms with Crippen molar-refractivity contribution >= 4 is 6.29 Å². The van der Waals surface area contributed by atoms with Crippen molar-refractivity contribution in [1.29, 1.82) is 0 Å². The highest BCUT2D eigenvalue weighted by Gasteiger charge is 1.91. The fourth-order valence-electron chi connectivity index (χ4n) is 1.63. The second-order valence-corrected chi connectivity index (χ2v) is 4.49. The lowest BCUT2D eigenvalue weighted by Crippen LogP contribution is -1.81. The first kappa shape index (κ1) is 15.9. The SMILES string of the molecule is C/C=C/CC/C(C)=C/CC/C(C)=C/CCC=O. The monoisotopic (exact) mass is 234 g/mol. The quantitative estimate of drug-likeness (QED) is 0.312. The summed E-state index contributed by atoms with van der Waals surface area (Å²) in [6.07, 6.45) is 15.9. The molecule has 0 radical (unpaired) electrons. The Morgan fingerprint density at radius 2 is 1.47 bits per heavy atom. The van der Waals surface area contributed by atoms with Crippen LogP contribution in [0.15, 0.2) is 35.5 Å². The number of hydrogen-bond donors (Lipinski definition) is 0. The smallest absolute Gasteiger partial charge is 0.120 e. The van der Waals surface area contributed by atoms with Gasteiger partial charge in [-0.15, -0.1) is 0 Å². The lowest BCUT2D eigenvalue weighted by molar-refractivity contribution is -0.107. The van der Waals surface area contributed by atoms with Gasteiger partial charge < -0.3 is 4.79 Å². The number of allylic oxidation sites excluding steroid dienone is 6. The van der Waals surface area contributed by atoms with Crippen molar-refractivity contribution < 1.29 is 4.79 Å². The molecule has 0 aliphatic carbocycles. The molecule has 0 aromatic rings. The van der Waals surface area contributed by atoms with E-state index in [1.54, 1.807) is 0 Å². The summed E-state index contributed by atoms with van der Waals surface area (Å²) >= 11 is 0. The number of carbonyl (C=O) groups is 1. The van der Waals surface area contributed by atoms with Crippen molar-refractivity contribution in [3.63, 3.8) is 0 Å². The van der Waals surface area contributed by atoms with E-state index in [9.17, 15) is 4.79 Å². The van der Waals surface area contributed by atoms with E-state index >= 15 is 0 Å². The minimum atomic E-state index is 0.648. The Morgan fingerprint density at radius 3 is 2.06 bits per heavy atom. The Kier molecular flexibility index (Phi) is 10.6. The molecule has 0 unspecified atom stereocenters. The molecule has 96 valence electrons. The molecule has 0 aromatic heterocycles. The Balaban J connectivity index is 3.75. The average molecular weight is 234 g/mol. The molecule has 0 spiro atoms. The lowest BCUT2D eigenvalue weighted by atomic mass is 10.1.